The molecule has 0 amide bonds. The number of phenolic OH excluding ortho intramolecular Hbond substituents is 2. The molecule has 0 saturated carbocycles. The van der Waals surface area contributed by atoms with Crippen LogP contribution in [0.3, 0.4) is 0 Å². The molecule has 0 aromatic heterocycles. The van der Waals surface area contributed by atoms with Crippen LogP contribution in [0.2, 0.25) is 0 Å². The predicted molar refractivity (Wildman–Crippen MR) is 115 cm³/mol. The lowest BCUT2D eigenvalue weighted by molar-refractivity contribution is 0.327. The van der Waals surface area contributed by atoms with Crippen LogP contribution in [0.4, 0.5) is 0 Å². The van der Waals surface area contributed by atoms with Crippen molar-refractivity contribution in [2.24, 2.45) is 0 Å². The lowest BCUT2D eigenvalue weighted by atomic mass is 9.83. The maximum absolute atomic E-state index is 10.8. The highest BCUT2D eigenvalue weighted by Crippen LogP contribution is 2.46. The summed E-state index contributed by atoms with van der Waals surface area (Å²) in [5, 5.41) is 21.5. The zero-order valence-corrected chi connectivity index (χ0v) is 18.4. The van der Waals surface area contributed by atoms with Gasteiger partial charge >= 0.3 is 0 Å². The zero-order chi connectivity index (χ0) is 21.3. The smallest absolute Gasteiger partial charge is 0.124 e. The van der Waals surface area contributed by atoms with E-state index >= 15 is 0 Å². The Labute approximate surface area is 169 Å². The minimum atomic E-state index is -0.185. The molecule has 0 bridgehead atoms. The van der Waals surface area contributed by atoms with E-state index in [-0.39, 0.29) is 22.3 Å². The van der Waals surface area contributed by atoms with Crippen LogP contribution in [0, 0.1) is 0 Å². The van der Waals surface area contributed by atoms with Crippen LogP contribution in [0.5, 0.6) is 23.0 Å². The van der Waals surface area contributed by atoms with Crippen molar-refractivity contribution in [3.05, 3.63) is 35.4 Å². The SMILES string of the molecule is CCOc1cc(-c2cc(OCC)c(C(C)(C)C)cc2O)c(O)cc1C(C)(C)C. The highest BCUT2D eigenvalue weighted by Gasteiger charge is 2.26. The Hall–Kier alpha value is -2.36. The minimum Gasteiger partial charge on any atom is -0.507 e. The summed E-state index contributed by atoms with van der Waals surface area (Å²) in [6, 6.07) is 7.08. The van der Waals surface area contributed by atoms with E-state index in [1.54, 1.807) is 24.3 Å². The first-order valence-electron chi connectivity index (χ1n) is 9.91. The van der Waals surface area contributed by atoms with Gasteiger partial charge in [-0.1, -0.05) is 41.5 Å². The molecular formula is C24H34O4. The standard InChI is InChI=1S/C24H34O4/c1-9-27-21-11-15(19(25)13-17(21)23(3,4)5)16-12-22(28-10-2)18(14-20(16)26)24(6,7)8/h11-14,25-26H,9-10H2,1-8H3. The van der Waals surface area contributed by atoms with Crippen LogP contribution in [-0.4, -0.2) is 23.4 Å². The van der Waals surface area contributed by atoms with Crippen molar-refractivity contribution in [1.82, 2.24) is 0 Å². The van der Waals surface area contributed by atoms with Gasteiger partial charge in [0.05, 0.1) is 13.2 Å². The fraction of sp³-hybridized carbons (Fsp3) is 0.500. The summed E-state index contributed by atoms with van der Waals surface area (Å²) in [5.74, 6) is 1.63. The quantitative estimate of drug-likeness (QED) is 0.646. The van der Waals surface area contributed by atoms with Gasteiger partial charge in [0, 0.05) is 22.3 Å². The lowest BCUT2D eigenvalue weighted by Crippen LogP contribution is -2.14. The third-order valence-corrected chi connectivity index (χ3v) is 4.70. The average Bonchev–Trinajstić information content (AvgIpc) is 2.56. The Kier molecular flexibility index (Phi) is 6.22. The van der Waals surface area contributed by atoms with Crippen LogP contribution in [-0.2, 0) is 10.8 Å². The number of aromatic hydroxyl groups is 2. The van der Waals surface area contributed by atoms with Crippen molar-refractivity contribution in [3.8, 4) is 34.1 Å². The average molecular weight is 387 g/mol. The second-order valence-corrected chi connectivity index (χ2v) is 9.10. The number of phenols is 2. The molecular weight excluding hydrogens is 352 g/mol. The molecule has 0 fully saturated rings. The van der Waals surface area contributed by atoms with Crippen molar-refractivity contribution >= 4 is 0 Å². The molecule has 0 heterocycles. The van der Waals surface area contributed by atoms with E-state index in [4.69, 9.17) is 9.47 Å². The molecule has 0 aliphatic heterocycles. The van der Waals surface area contributed by atoms with Crippen molar-refractivity contribution in [3.63, 3.8) is 0 Å². The van der Waals surface area contributed by atoms with Crippen molar-refractivity contribution in [2.45, 2.75) is 66.2 Å². The van der Waals surface area contributed by atoms with Gasteiger partial charge in [-0.05, 0) is 48.9 Å². The number of benzene rings is 2. The fourth-order valence-electron chi connectivity index (χ4n) is 3.29. The van der Waals surface area contributed by atoms with Gasteiger partial charge in [-0.3, -0.25) is 0 Å². The summed E-state index contributed by atoms with van der Waals surface area (Å²) in [7, 11) is 0. The van der Waals surface area contributed by atoms with E-state index in [1.807, 2.05) is 13.8 Å². The highest BCUT2D eigenvalue weighted by molar-refractivity contribution is 5.79. The first kappa shape index (κ1) is 21.9. The van der Waals surface area contributed by atoms with Crippen LogP contribution >= 0.6 is 0 Å². The van der Waals surface area contributed by atoms with Crippen molar-refractivity contribution < 1.29 is 19.7 Å². The molecule has 0 atom stereocenters. The number of ether oxygens (including phenoxy) is 2. The Morgan fingerprint density at radius 2 is 0.964 bits per heavy atom. The highest BCUT2D eigenvalue weighted by atomic mass is 16.5. The third-order valence-electron chi connectivity index (χ3n) is 4.70. The zero-order valence-electron chi connectivity index (χ0n) is 18.4. The minimum absolute atomic E-state index is 0.106. The molecule has 0 unspecified atom stereocenters. The largest absolute Gasteiger partial charge is 0.507 e. The van der Waals surface area contributed by atoms with Gasteiger partial charge in [0.2, 0.25) is 0 Å². The van der Waals surface area contributed by atoms with E-state index in [0.717, 1.165) is 11.1 Å². The third kappa shape index (κ3) is 4.54. The summed E-state index contributed by atoms with van der Waals surface area (Å²) >= 11 is 0. The molecule has 2 aromatic rings. The first-order chi connectivity index (χ1) is 12.9. The molecule has 0 spiro atoms. The van der Waals surface area contributed by atoms with Gasteiger partial charge in [0.15, 0.2) is 0 Å². The molecule has 0 radical (unpaired) electrons. The Morgan fingerprint density at radius 3 is 1.21 bits per heavy atom. The van der Waals surface area contributed by atoms with Gasteiger partial charge in [0.1, 0.15) is 23.0 Å². The fourth-order valence-corrected chi connectivity index (χ4v) is 3.29. The number of rotatable bonds is 5. The van der Waals surface area contributed by atoms with Gasteiger partial charge in [-0.2, -0.15) is 0 Å². The monoisotopic (exact) mass is 386 g/mol. The van der Waals surface area contributed by atoms with E-state index < -0.39 is 0 Å². The maximum atomic E-state index is 10.8. The summed E-state index contributed by atoms with van der Waals surface area (Å²) in [5.41, 5.74) is 2.52. The summed E-state index contributed by atoms with van der Waals surface area (Å²) in [6.45, 7) is 17.4. The Bertz CT molecular complexity index is 768. The normalized spacial score (nSPS) is 12.1. The van der Waals surface area contributed by atoms with Crippen molar-refractivity contribution in [2.75, 3.05) is 13.2 Å². The molecule has 0 saturated heterocycles. The predicted octanol–water partition coefficient (Wildman–Crippen LogP) is 6.16. The van der Waals surface area contributed by atoms with E-state index in [1.165, 1.54) is 0 Å². The molecule has 0 aliphatic rings. The van der Waals surface area contributed by atoms with Crippen LogP contribution in [0.15, 0.2) is 24.3 Å². The van der Waals surface area contributed by atoms with Gasteiger partial charge < -0.3 is 19.7 Å². The second kappa shape index (κ2) is 7.94. The summed E-state index contributed by atoms with van der Waals surface area (Å²) in [6.07, 6.45) is 0. The van der Waals surface area contributed by atoms with E-state index in [2.05, 4.69) is 41.5 Å². The topological polar surface area (TPSA) is 58.9 Å². The molecule has 2 rings (SSSR count). The second-order valence-electron chi connectivity index (χ2n) is 9.10. The van der Waals surface area contributed by atoms with E-state index in [9.17, 15) is 10.2 Å². The lowest BCUT2D eigenvalue weighted by Gasteiger charge is -2.26. The molecule has 154 valence electrons. The Balaban J connectivity index is 2.73. The van der Waals surface area contributed by atoms with Gasteiger partial charge in [-0.15, -0.1) is 0 Å². The molecule has 28 heavy (non-hydrogen) atoms. The van der Waals surface area contributed by atoms with Crippen molar-refractivity contribution in [1.29, 1.82) is 0 Å². The Morgan fingerprint density at radius 1 is 0.643 bits per heavy atom. The van der Waals surface area contributed by atoms with Gasteiger partial charge in [0.25, 0.3) is 0 Å². The van der Waals surface area contributed by atoms with Crippen LogP contribution in [0.25, 0.3) is 11.1 Å². The number of hydrogen-bond donors (Lipinski definition) is 2. The molecule has 2 aromatic carbocycles. The summed E-state index contributed by atoms with van der Waals surface area (Å²) < 4.78 is 11.7. The first-order valence-corrected chi connectivity index (χ1v) is 9.91. The van der Waals surface area contributed by atoms with Gasteiger partial charge in [-0.25, -0.2) is 0 Å². The number of hydrogen-bond acceptors (Lipinski definition) is 4. The molecule has 4 heteroatoms. The maximum Gasteiger partial charge on any atom is 0.124 e. The van der Waals surface area contributed by atoms with Crippen LogP contribution < -0.4 is 9.47 Å². The van der Waals surface area contributed by atoms with E-state index in [0.29, 0.717) is 35.8 Å². The molecule has 2 N–H and O–H groups in total. The molecule has 4 nitrogen and oxygen atoms in total. The summed E-state index contributed by atoms with van der Waals surface area (Å²) in [4.78, 5) is 0. The molecule has 0 aliphatic carbocycles. The van der Waals surface area contributed by atoms with Crippen LogP contribution in [0.1, 0.15) is 66.5 Å².